The summed E-state index contributed by atoms with van der Waals surface area (Å²) in [6, 6.07) is 0. The smallest absolute Gasteiger partial charge is 0.331 e. The van der Waals surface area contributed by atoms with E-state index in [0.29, 0.717) is 23.8 Å². The molecule has 0 heterocycles. The molecule has 2 aliphatic carbocycles. The first-order valence-electron chi connectivity index (χ1n) is 6.99. The van der Waals surface area contributed by atoms with Gasteiger partial charge in [-0.15, -0.1) is 0 Å². The van der Waals surface area contributed by atoms with E-state index in [9.17, 15) is 9.90 Å². The second kappa shape index (κ2) is 4.69. The minimum absolute atomic E-state index is 0.224. The lowest BCUT2D eigenvalue weighted by Gasteiger charge is -2.49. The summed E-state index contributed by atoms with van der Waals surface area (Å²) in [6.07, 6.45) is 5.17. The highest BCUT2D eigenvalue weighted by molar-refractivity contribution is 5.86. The molecule has 0 spiro atoms. The van der Waals surface area contributed by atoms with Crippen molar-refractivity contribution < 1.29 is 15.0 Å². The normalized spacial score (nSPS) is 40.3. The molecule has 0 aliphatic heterocycles. The van der Waals surface area contributed by atoms with E-state index in [2.05, 4.69) is 13.8 Å². The number of aliphatic hydroxyl groups is 1. The Morgan fingerprint density at radius 1 is 1.44 bits per heavy atom. The number of carbonyl (C=O) groups is 1. The number of allylic oxidation sites excluding steroid dienone is 1. The van der Waals surface area contributed by atoms with Gasteiger partial charge in [-0.05, 0) is 56.3 Å². The van der Waals surface area contributed by atoms with E-state index in [0.717, 1.165) is 19.3 Å². The van der Waals surface area contributed by atoms with Gasteiger partial charge in [0.2, 0.25) is 0 Å². The minimum atomic E-state index is -0.791. The molecule has 1 saturated carbocycles. The van der Waals surface area contributed by atoms with Gasteiger partial charge in [-0.2, -0.15) is 0 Å². The van der Waals surface area contributed by atoms with Crippen LogP contribution < -0.4 is 0 Å². The summed E-state index contributed by atoms with van der Waals surface area (Å²) < 4.78 is 0. The Balaban J connectivity index is 2.32. The molecule has 0 bridgehead atoms. The second-order valence-corrected chi connectivity index (χ2v) is 6.52. The first-order chi connectivity index (χ1) is 8.33. The van der Waals surface area contributed by atoms with Crippen molar-refractivity contribution in [2.24, 2.45) is 23.7 Å². The Kier molecular flexibility index (Phi) is 3.54. The van der Waals surface area contributed by atoms with Gasteiger partial charge in [-0.3, -0.25) is 0 Å². The van der Waals surface area contributed by atoms with Crippen molar-refractivity contribution in [1.82, 2.24) is 0 Å². The fourth-order valence-electron chi connectivity index (χ4n) is 3.88. The zero-order valence-corrected chi connectivity index (χ0v) is 11.5. The van der Waals surface area contributed by atoms with E-state index in [1.54, 1.807) is 0 Å². The molecular weight excluding hydrogens is 228 g/mol. The van der Waals surface area contributed by atoms with Crippen molar-refractivity contribution in [1.29, 1.82) is 0 Å². The van der Waals surface area contributed by atoms with E-state index in [1.165, 1.54) is 0 Å². The average Bonchev–Trinajstić information content (AvgIpc) is 2.27. The predicted octanol–water partition coefficient (Wildman–Crippen LogP) is 2.84. The van der Waals surface area contributed by atoms with Crippen molar-refractivity contribution >= 4 is 5.97 Å². The fourth-order valence-corrected chi connectivity index (χ4v) is 3.88. The highest BCUT2D eigenvalue weighted by Gasteiger charge is 2.46. The summed E-state index contributed by atoms with van der Waals surface area (Å²) in [4.78, 5) is 11.1. The molecule has 0 aromatic rings. The number of carboxylic acids is 1. The summed E-state index contributed by atoms with van der Waals surface area (Å²) in [6.45, 7) is 6.32. The van der Waals surface area contributed by atoms with Crippen LogP contribution in [0.1, 0.15) is 46.5 Å². The van der Waals surface area contributed by atoms with Gasteiger partial charge in [0, 0.05) is 5.57 Å². The van der Waals surface area contributed by atoms with Crippen LogP contribution in [0.5, 0.6) is 0 Å². The highest BCUT2D eigenvalue weighted by atomic mass is 16.4. The number of carboxylic acid groups (broad SMARTS) is 1. The molecule has 0 amide bonds. The maximum absolute atomic E-state index is 11.1. The van der Waals surface area contributed by atoms with Gasteiger partial charge >= 0.3 is 5.97 Å². The van der Waals surface area contributed by atoms with Gasteiger partial charge in [0.1, 0.15) is 0 Å². The third-order valence-corrected chi connectivity index (χ3v) is 4.99. The SMILES string of the molecule is CC(C)[C@@H]1CC[C@@](C)(O)[C@@H]2CCC(C(=O)O)=C[C@@H]21. The number of hydrogen-bond donors (Lipinski definition) is 2. The van der Waals surface area contributed by atoms with Crippen molar-refractivity contribution in [2.75, 3.05) is 0 Å². The van der Waals surface area contributed by atoms with Crippen LogP contribution in [0.4, 0.5) is 0 Å². The summed E-state index contributed by atoms with van der Waals surface area (Å²) >= 11 is 0. The molecule has 0 aromatic carbocycles. The van der Waals surface area contributed by atoms with Gasteiger partial charge in [-0.1, -0.05) is 19.9 Å². The van der Waals surface area contributed by atoms with Gasteiger partial charge in [0.15, 0.2) is 0 Å². The van der Waals surface area contributed by atoms with Crippen LogP contribution in [0.25, 0.3) is 0 Å². The lowest BCUT2D eigenvalue weighted by atomic mass is 9.58. The van der Waals surface area contributed by atoms with Gasteiger partial charge in [0.05, 0.1) is 5.60 Å². The number of fused-ring (bicyclic) bond motifs is 1. The van der Waals surface area contributed by atoms with Crippen LogP contribution in [0.15, 0.2) is 11.6 Å². The van der Waals surface area contributed by atoms with E-state index >= 15 is 0 Å². The first kappa shape index (κ1) is 13.6. The molecule has 3 heteroatoms. The molecule has 2 aliphatic rings. The summed E-state index contributed by atoms with van der Waals surface area (Å²) in [7, 11) is 0. The average molecular weight is 252 g/mol. The van der Waals surface area contributed by atoms with Gasteiger partial charge in [-0.25, -0.2) is 4.79 Å². The lowest BCUT2D eigenvalue weighted by molar-refractivity contribution is -0.133. The Labute approximate surface area is 109 Å². The summed E-state index contributed by atoms with van der Waals surface area (Å²) in [5.74, 6) is 0.708. The third kappa shape index (κ3) is 2.33. The van der Waals surface area contributed by atoms with Crippen molar-refractivity contribution in [3.8, 4) is 0 Å². The maximum Gasteiger partial charge on any atom is 0.331 e. The topological polar surface area (TPSA) is 57.5 Å². The fraction of sp³-hybridized carbons (Fsp3) is 0.800. The summed E-state index contributed by atoms with van der Waals surface area (Å²) in [5, 5.41) is 19.7. The Morgan fingerprint density at radius 2 is 2.11 bits per heavy atom. The van der Waals surface area contributed by atoms with E-state index in [1.807, 2.05) is 13.0 Å². The first-order valence-corrected chi connectivity index (χ1v) is 6.99. The lowest BCUT2D eigenvalue weighted by Crippen LogP contribution is -2.48. The zero-order chi connectivity index (χ0) is 13.5. The predicted molar refractivity (Wildman–Crippen MR) is 70.1 cm³/mol. The molecule has 3 nitrogen and oxygen atoms in total. The third-order valence-electron chi connectivity index (χ3n) is 4.99. The quantitative estimate of drug-likeness (QED) is 0.794. The molecule has 1 fully saturated rings. The second-order valence-electron chi connectivity index (χ2n) is 6.52. The molecule has 0 aromatic heterocycles. The molecule has 0 saturated heterocycles. The Morgan fingerprint density at radius 3 is 2.67 bits per heavy atom. The van der Waals surface area contributed by atoms with Crippen molar-refractivity contribution in [3.63, 3.8) is 0 Å². The Hall–Kier alpha value is -0.830. The Bertz CT molecular complexity index is 368. The number of rotatable bonds is 2. The van der Waals surface area contributed by atoms with Crippen LogP contribution in [-0.4, -0.2) is 21.8 Å². The largest absolute Gasteiger partial charge is 0.478 e. The van der Waals surface area contributed by atoms with E-state index in [-0.39, 0.29) is 11.8 Å². The monoisotopic (exact) mass is 252 g/mol. The summed E-state index contributed by atoms with van der Waals surface area (Å²) in [5.41, 5.74) is -0.0871. The van der Waals surface area contributed by atoms with Crippen LogP contribution in [0.2, 0.25) is 0 Å². The molecule has 0 radical (unpaired) electrons. The van der Waals surface area contributed by atoms with E-state index < -0.39 is 11.6 Å². The minimum Gasteiger partial charge on any atom is -0.478 e. The van der Waals surface area contributed by atoms with Crippen LogP contribution in [0.3, 0.4) is 0 Å². The maximum atomic E-state index is 11.1. The molecule has 102 valence electrons. The molecular formula is C15H24O3. The van der Waals surface area contributed by atoms with Crippen LogP contribution >= 0.6 is 0 Å². The molecule has 0 unspecified atom stereocenters. The molecule has 18 heavy (non-hydrogen) atoms. The molecule has 4 atom stereocenters. The zero-order valence-electron chi connectivity index (χ0n) is 11.5. The van der Waals surface area contributed by atoms with Crippen molar-refractivity contribution in [2.45, 2.75) is 52.1 Å². The van der Waals surface area contributed by atoms with Gasteiger partial charge < -0.3 is 10.2 Å². The highest BCUT2D eigenvalue weighted by Crippen LogP contribution is 2.49. The van der Waals surface area contributed by atoms with Crippen molar-refractivity contribution in [3.05, 3.63) is 11.6 Å². The number of aliphatic carboxylic acids is 1. The van der Waals surface area contributed by atoms with Gasteiger partial charge in [0.25, 0.3) is 0 Å². The van der Waals surface area contributed by atoms with E-state index in [4.69, 9.17) is 5.11 Å². The molecule has 2 N–H and O–H groups in total. The standard InChI is InChI=1S/C15H24O3/c1-9(2)11-6-7-15(3,18)13-5-4-10(14(16)17)8-12(11)13/h8-9,11-13,18H,4-7H2,1-3H3,(H,16,17)/t11-,12+,13+,15+/m0/s1. The van der Waals surface area contributed by atoms with Crippen LogP contribution in [-0.2, 0) is 4.79 Å². The van der Waals surface area contributed by atoms with Crippen LogP contribution in [0, 0.1) is 23.7 Å². The molecule has 2 rings (SSSR count). The number of hydrogen-bond acceptors (Lipinski definition) is 2.